The Balaban J connectivity index is 1.21. The van der Waals surface area contributed by atoms with E-state index in [9.17, 15) is 10.1 Å². The molecule has 9 heteroatoms. The van der Waals surface area contributed by atoms with Gasteiger partial charge in [-0.2, -0.15) is 5.26 Å². The number of aryl methyl sites for hydroxylation is 1. The van der Waals surface area contributed by atoms with Gasteiger partial charge < -0.3 is 14.5 Å². The Labute approximate surface area is 287 Å². The van der Waals surface area contributed by atoms with Crippen LogP contribution in [0.3, 0.4) is 0 Å². The standard InChI is InChI=1S/C38H56N6O2S/c1-4-35(45)43-21-20-42(25-30(43)16-18-39)36-32-15-17-38(23-28-14-13-27(2)22-34(28)47-38)24-33(32)44(29-10-7-5-6-8-11-29)37(40-36)46-26-31-12-9-19-41(31)3/h4,13-14,22,29-33,36-37,40H,1,5-12,15-17,19-21,23-26H2,2-3H3/t30?,31?,32?,33?,36?,37?,38-/m0/s1. The Morgan fingerprint density at radius 3 is 2.70 bits per heavy atom. The normalized spacial score (nSPS) is 35.7. The molecule has 256 valence electrons. The molecule has 2 saturated carbocycles. The first-order valence-electron chi connectivity index (χ1n) is 18.6. The van der Waals surface area contributed by atoms with E-state index >= 15 is 0 Å². The van der Waals surface area contributed by atoms with Crippen LogP contribution in [0.5, 0.6) is 0 Å². The number of benzene rings is 1. The van der Waals surface area contributed by atoms with Crippen LogP contribution in [0.2, 0.25) is 0 Å². The van der Waals surface area contributed by atoms with Gasteiger partial charge in [0.25, 0.3) is 0 Å². The van der Waals surface area contributed by atoms with Gasteiger partial charge in [-0.1, -0.05) is 50.0 Å². The molecule has 6 unspecified atom stereocenters. The molecule has 3 saturated heterocycles. The van der Waals surface area contributed by atoms with Crippen molar-refractivity contribution in [3.63, 3.8) is 0 Å². The lowest BCUT2D eigenvalue weighted by Crippen LogP contribution is -2.74. The minimum absolute atomic E-state index is 0.0616. The van der Waals surface area contributed by atoms with E-state index < -0.39 is 0 Å². The molecular weight excluding hydrogens is 605 g/mol. The van der Waals surface area contributed by atoms with Crippen molar-refractivity contribution in [1.82, 2.24) is 24.9 Å². The van der Waals surface area contributed by atoms with Crippen LogP contribution in [0.15, 0.2) is 35.7 Å². The number of rotatable bonds is 7. The first kappa shape index (κ1) is 33.6. The molecule has 47 heavy (non-hydrogen) atoms. The molecule has 2 aliphatic carbocycles. The van der Waals surface area contributed by atoms with Gasteiger partial charge in [-0.3, -0.25) is 19.9 Å². The highest BCUT2D eigenvalue weighted by Crippen LogP contribution is 2.56. The Hall–Kier alpha value is -1.93. The van der Waals surface area contributed by atoms with E-state index in [1.54, 1.807) is 0 Å². The molecule has 4 aliphatic heterocycles. The number of carbonyl (C=O) groups excluding carboxylic acids is 1. The fraction of sp³-hybridized carbons (Fsp3) is 0.737. The number of piperazine rings is 1. The van der Waals surface area contributed by atoms with Crippen LogP contribution in [0.4, 0.5) is 0 Å². The molecule has 1 amide bonds. The van der Waals surface area contributed by atoms with Gasteiger partial charge in [0.2, 0.25) is 5.91 Å². The van der Waals surface area contributed by atoms with Gasteiger partial charge >= 0.3 is 0 Å². The van der Waals surface area contributed by atoms with E-state index in [0.29, 0.717) is 43.6 Å². The molecule has 1 aromatic rings. The van der Waals surface area contributed by atoms with Crippen LogP contribution in [-0.4, -0.2) is 107 Å². The zero-order chi connectivity index (χ0) is 32.5. The lowest BCUT2D eigenvalue weighted by Gasteiger charge is -2.60. The average molecular weight is 661 g/mol. The van der Waals surface area contributed by atoms with E-state index in [-0.39, 0.29) is 29.2 Å². The van der Waals surface area contributed by atoms with Crippen molar-refractivity contribution in [3.05, 3.63) is 42.0 Å². The van der Waals surface area contributed by atoms with Crippen molar-refractivity contribution in [2.75, 3.05) is 39.8 Å². The minimum atomic E-state index is -0.133. The minimum Gasteiger partial charge on any atom is -0.348 e. The Kier molecular flexibility index (Phi) is 10.4. The maximum absolute atomic E-state index is 12.8. The number of likely N-dealkylation sites (N-methyl/N-ethyl adjacent to an activating group) is 1. The van der Waals surface area contributed by atoms with E-state index in [4.69, 9.17) is 4.74 Å². The summed E-state index contributed by atoms with van der Waals surface area (Å²) in [5.74, 6) is 0.404. The van der Waals surface area contributed by atoms with Crippen molar-refractivity contribution >= 4 is 17.7 Å². The molecule has 0 aromatic heterocycles. The summed E-state index contributed by atoms with van der Waals surface area (Å²) in [5, 5.41) is 13.9. The summed E-state index contributed by atoms with van der Waals surface area (Å²) in [4.78, 5) is 24.1. The first-order valence-corrected chi connectivity index (χ1v) is 19.4. The molecule has 0 radical (unpaired) electrons. The van der Waals surface area contributed by atoms with Crippen molar-refractivity contribution < 1.29 is 9.53 Å². The monoisotopic (exact) mass is 660 g/mol. The number of nitrogens with one attached hydrogen (secondary N) is 1. The number of amides is 1. The summed E-state index contributed by atoms with van der Waals surface area (Å²) in [6.07, 6.45) is 16.8. The number of carbonyl (C=O) groups is 1. The largest absolute Gasteiger partial charge is 0.348 e. The number of nitriles is 1. The zero-order valence-electron chi connectivity index (χ0n) is 28.7. The zero-order valence-corrected chi connectivity index (χ0v) is 29.6. The second-order valence-corrected chi connectivity index (χ2v) is 17.0. The average Bonchev–Trinajstić information content (AvgIpc) is 3.52. The van der Waals surface area contributed by atoms with Crippen LogP contribution in [0.25, 0.3) is 0 Å². The molecule has 1 aromatic carbocycles. The van der Waals surface area contributed by atoms with Gasteiger partial charge in [0, 0.05) is 53.3 Å². The van der Waals surface area contributed by atoms with E-state index in [0.717, 1.165) is 26.1 Å². The summed E-state index contributed by atoms with van der Waals surface area (Å²) < 4.78 is 7.34. The third-order valence-electron chi connectivity index (χ3n) is 12.5. The van der Waals surface area contributed by atoms with E-state index in [1.165, 1.54) is 92.7 Å². The lowest BCUT2D eigenvalue weighted by atomic mass is 9.71. The van der Waals surface area contributed by atoms with Crippen LogP contribution in [0, 0.1) is 24.2 Å². The van der Waals surface area contributed by atoms with Gasteiger partial charge in [0.1, 0.15) is 0 Å². The maximum atomic E-state index is 12.8. The van der Waals surface area contributed by atoms with Gasteiger partial charge in [0.05, 0.1) is 31.3 Å². The maximum Gasteiger partial charge on any atom is 0.246 e. The molecule has 6 aliphatic rings. The summed E-state index contributed by atoms with van der Waals surface area (Å²) in [6, 6.07) is 10.8. The highest BCUT2D eigenvalue weighted by atomic mass is 32.2. The number of fused-ring (bicyclic) bond motifs is 2. The number of hydrogen-bond acceptors (Lipinski definition) is 8. The van der Waals surface area contributed by atoms with Gasteiger partial charge in [-0.15, -0.1) is 11.8 Å². The second-order valence-electron chi connectivity index (χ2n) is 15.5. The van der Waals surface area contributed by atoms with Crippen LogP contribution in [0.1, 0.15) is 88.2 Å². The Bertz CT molecular complexity index is 1330. The summed E-state index contributed by atoms with van der Waals surface area (Å²) in [6.45, 7) is 10.0. The number of thioether (sulfide) groups is 1. The van der Waals surface area contributed by atoms with E-state index in [2.05, 4.69) is 76.6 Å². The quantitative estimate of drug-likeness (QED) is 0.303. The molecule has 1 spiro atoms. The number of ether oxygens (including phenoxy) is 1. The molecule has 5 fully saturated rings. The van der Waals surface area contributed by atoms with Crippen LogP contribution >= 0.6 is 11.8 Å². The summed E-state index contributed by atoms with van der Waals surface area (Å²) in [5.41, 5.74) is 2.89. The number of likely N-dealkylation sites (tertiary alicyclic amines) is 1. The predicted molar refractivity (Wildman–Crippen MR) is 188 cm³/mol. The van der Waals surface area contributed by atoms with Crippen molar-refractivity contribution in [3.8, 4) is 6.07 Å². The molecule has 4 heterocycles. The van der Waals surface area contributed by atoms with Crippen LogP contribution in [-0.2, 0) is 16.0 Å². The summed E-state index contributed by atoms with van der Waals surface area (Å²) >= 11 is 2.17. The van der Waals surface area contributed by atoms with Crippen LogP contribution < -0.4 is 5.32 Å². The third kappa shape index (κ3) is 6.93. The fourth-order valence-corrected chi connectivity index (χ4v) is 11.7. The lowest BCUT2D eigenvalue weighted by molar-refractivity contribution is -0.199. The SMILES string of the molecule is C=CC(=O)N1CCN(C2NC(OCC3CCCN3C)N(C3CCCCCC3)C3C[C@]4(CCC23)Cc2ccc(C)cc2S4)CC1CC#N. The molecule has 0 bridgehead atoms. The highest BCUT2D eigenvalue weighted by Gasteiger charge is 2.55. The molecule has 8 nitrogen and oxygen atoms in total. The topological polar surface area (TPSA) is 75.1 Å². The first-order chi connectivity index (χ1) is 22.9. The van der Waals surface area contributed by atoms with Crippen molar-refractivity contribution in [2.24, 2.45) is 5.92 Å². The molecular formula is C38H56N6O2S. The second kappa shape index (κ2) is 14.5. The summed E-state index contributed by atoms with van der Waals surface area (Å²) in [7, 11) is 2.25. The van der Waals surface area contributed by atoms with Crippen molar-refractivity contribution in [1.29, 1.82) is 5.26 Å². The molecule has 7 atom stereocenters. The molecule has 7 rings (SSSR count). The van der Waals surface area contributed by atoms with E-state index in [1.807, 2.05) is 4.90 Å². The Morgan fingerprint density at radius 1 is 1.13 bits per heavy atom. The Morgan fingerprint density at radius 2 is 1.96 bits per heavy atom. The highest BCUT2D eigenvalue weighted by molar-refractivity contribution is 8.01. The predicted octanol–water partition coefficient (Wildman–Crippen LogP) is 5.51. The number of hydrogen-bond donors (Lipinski definition) is 1. The smallest absolute Gasteiger partial charge is 0.246 e. The number of nitrogens with zero attached hydrogens (tertiary/aromatic N) is 5. The van der Waals surface area contributed by atoms with Gasteiger partial charge in [-0.05, 0) is 89.6 Å². The third-order valence-corrected chi connectivity index (χ3v) is 14.0. The molecule has 1 N–H and O–H groups in total. The van der Waals surface area contributed by atoms with Gasteiger partial charge in [-0.25, -0.2) is 0 Å². The van der Waals surface area contributed by atoms with Crippen molar-refractivity contribution in [2.45, 2.75) is 137 Å². The fourth-order valence-electron chi connectivity index (χ4n) is 9.99. The van der Waals surface area contributed by atoms with Gasteiger partial charge in [0.15, 0.2) is 6.35 Å².